The molecule has 2 rings (SSSR count). The van der Waals surface area contributed by atoms with Crippen molar-refractivity contribution >= 4 is 44.9 Å². The van der Waals surface area contributed by atoms with Crippen molar-refractivity contribution in [2.24, 2.45) is 0 Å². The van der Waals surface area contributed by atoms with Gasteiger partial charge >= 0.3 is 0 Å². The summed E-state index contributed by atoms with van der Waals surface area (Å²) in [5.74, 6) is -0.986. The van der Waals surface area contributed by atoms with E-state index >= 15 is 0 Å². The largest absolute Gasteiger partial charge is 0.505 e. The molecule has 0 aliphatic rings. The number of nitrogens with one attached hydrogen (secondary N) is 1. The Hall–Kier alpha value is -1.80. The number of amides is 1. The zero-order valence-corrected chi connectivity index (χ0v) is 14.0. The molecule has 0 fully saturated rings. The molecule has 2 N–H and O–H groups in total. The topological polar surface area (TPSA) is 92.7 Å². The summed E-state index contributed by atoms with van der Waals surface area (Å²) >= 11 is 11.5. The van der Waals surface area contributed by atoms with Crippen LogP contribution in [0.2, 0.25) is 10.0 Å². The number of halogens is 2. The fraction of sp³-hybridized carbons (Fsp3) is 0.0714. The fourth-order valence-electron chi connectivity index (χ4n) is 1.77. The predicted octanol–water partition coefficient (Wildman–Crippen LogP) is 3.29. The van der Waals surface area contributed by atoms with E-state index in [0.29, 0.717) is 0 Å². The summed E-state index contributed by atoms with van der Waals surface area (Å²) in [6, 6.07) is 8.19. The average molecular weight is 376 g/mol. The second kappa shape index (κ2) is 6.76. The number of phenols is 1. The van der Waals surface area contributed by atoms with Gasteiger partial charge in [-0.2, -0.15) is 8.42 Å². The van der Waals surface area contributed by atoms with Gasteiger partial charge in [-0.3, -0.25) is 8.98 Å². The summed E-state index contributed by atoms with van der Waals surface area (Å²) in [5, 5.41) is 11.7. The van der Waals surface area contributed by atoms with E-state index in [0.717, 1.165) is 7.11 Å². The molecule has 0 saturated carbocycles. The molecule has 23 heavy (non-hydrogen) atoms. The molecule has 2 aromatic carbocycles. The second-order valence-electron chi connectivity index (χ2n) is 4.36. The number of phenolic OH excluding ortho intramolecular Hbond substituents is 1. The van der Waals surface area contributed by atoms with Gasteiger partial charge in [0.25, 0.3) is 16.0 Å². The number of carbonyl (C=O) groups excluding carboxylic acids is 1. The van der Waals surface area contributed by atoms with Crippen LogP contribution in [0.25, 0.3) is 0 Å². The van der Waals surface area contributed by atoms with Crippen LogP contribution < -0.4 is 5.32 Å². The summed E-state index contributed by atoms with van der Waals surface area (Å²) in [5.41, 5.74) is 0.0992. The SMILES string of the molecule is COS(=O)(=O)c1ccccc1NC(=O)c1cc(Cl)c(O)c(Cl)c1. The fourth-order valence-corrected chi connectivity index (χ4v) is 3.07. The van der Waals surface area contributed by atoms with Crippen LogP contribution in [0, 0.1) is 0 Å². The molecule has 0 radical (unpaired) electrons. The quantitative estimate of drug-likeness (QED) is 0.799. The molecule has 6 nitrogen and oxygen atoms in total. The summed E-state index contributed by atoms with van der Waals surface area (Å²) < 4.78 is 28.1. The van der Waals surface area contributed by atoms with E-state index in [2.05, 4.69) is 9.50 Å². The molecule has 0 aliphatic heterocycles. The Morgan fingerprint density at radius 1 is 1.17 bits per heavy atom. The van der Waals surface area contributed by atoms with E-state index in [9.17, 15) is 18.3 Å². The molecular weight excluding hydrogens is 365 g/mol. The lowest BCUT2D eigenvalue weighted by Crippen LogP contribution is -2.15. The summed E-state index contributed by atoms with van der Waals surface area (Å²) in [7, 11) is -2.97. The van der Waals surface area contributed by atoms with Crippen LogP contribution in [-0.2, 0) is 14.3 Å². The van der Waals surface area contributed by atoms with Gasteiger partial charge in [0.1, 0.15) is 4.90 Å². The maximum Gasteiger partial charge on any atom is 0.298 e. The Kier molecular flexibility index (Phi) is 5.16. The highest BCUT2D eigenvalue weighted by molar-refractivity contribution is 7.87. The first-order valence-electron chi connectivity index (χ1n) is 6.15. The van der Waals surface area contributed by atoms with Gasteiger partial charge < -0.3 is 10.4 Å². The van der Waals surface area contributed by atoms with E-state index in [1.54, 1.807) is 6.07 Å². The zero-order valence-electron chi connectivity index (χ0n) is 11.7. The van der Waals surface area contributed by atoms with Crippen molar-refractivity contribution in [1.29, 1.82) is 0 Å². The van der Waals surface area contributed by atoms with Crippen LogP contribution in [0.4, 0.5) is 5.69 Å². The lowest BCUT2D eigenvalue weighted by molar-refractivity contribution is 0.102. The first-order valence-corrected chi connectivity index (χ1v) is 8.31. The van der Waals surface area contributed by atoms with E-state index in [-0.39, 0.29) is 31.9 Å². The minimum atomic E-state index is -3.99. The molecule has 0 unspecified atom stereocenters. The molecule has 0 atom stereocenters. The number of benzene rings is 2. The Labute approximate surface area is 142 Å². The van der Waals surface area contributed by atoms with Gasteiger partial charge in [-0.05, 0) is 24.3 Å². The number of hydrogen-bond donors (Lipinski definition) is 2. The lowest BCUT2D eigenvalue weighted by atomic mass is 10.2. The first kappa shape index (κ1) is 17.6. The highest BCUT2D eigenvalue weighted by atomic mass is 35.5. The summed E-state index contributed by atoms with van der Waals surface area (Å²) in [6.07, 6.45) is 0. The van der Waals surface area contributed by atoms with E-state index in [4.69, 9.17) is 23.2 Å². The molecule has 0 bridgehead atoms. The van der Waals surface area contributed by atoms with Crippen molar-refractivity contribution in [1.82, 2.24) is 0 Å². The van der Waals surface area contributed by atoms with Crippen LogP contribution in [-0.4, -0.2) is 26.5 Å². The third-order valence-corrected chi connectivity index (χ3v) is 4.81. The van der Waals surface area contributed by atoms with Crippen molar-refractivity contribution in [2.45, 2.75) is 4.90 Å². The molecule has 0 heterocycles. The Balaban J connectivity index is 2.39. The minimum absolute atomic E-state index is 0.0414. The number of hydrogen-bond acceptors (Lipinski definition) is 5. The smallest absolute Gasteiger partial charge is 0.298 e. The second-order valence-corrected chi connectivity index (χ2v) is 6.86. The maximum absolute atomic E-state index is 12.3. The Bertz CT molecular complexity index is 844. The Morgan fingerprint density at radius 3 is 2.30 bits per heavy atom. The van der Waals surface area contributed by atoms with Gasteiger partial charge in [0.15, 0.2) is 5.75 Å². The molecule has 0 aromatic heterocycles. The first-order chi connectivity index (χ1) is 10.8. The van der Waals surface area contributed by atoms with Gasteiger partial charge in [0.2, 0.25) is 0 Å². The van der Waals surface area contributed by atoms with E-state index in [1.807, 2.05) is 0 Å². The highest BCUT2D eigenvalue weighted by Gasteiger charge is 2.20. The van der Waals surface area contributed by atoms with Crippen molar-refractivity contribution in [3.63, 3.8) is 0 Å². The third-order valence-electron chi connectivity index (χ3n) is 2.90. The standard InChI is InChI=1S/C14H11Cl2NO5S/c1-22-23(20,21)12-5-3-2-4-11(12)17-14(19)8-6-9(15)13(18)10(16)7-8/h2-7,18H,1H3,(H,17,19). The zero-order chi connectivity index (χ0) is 17.2. The van der Waals surface area contributed by atoms with Crippen molar-refractivity contribution in [3.05, 3.63) is 52.0 Å². The summed E-state index contributed by atoms with van der Waals surface area (Å²) in [6.45, 7) is 0. The molecular formula is C14H11Cl2NO5S. The number of para-hydroxylation sites is 1. The summed E-state index contributed by atoms with van der Waals surface area (Å²) in [4.78, 5) is 12.1. The van der Waals surface area contributed by atoms with Crippen LogP contribution in [0.5, 0.6) is 5.75 Å². The van der Waals surface area contributed by atoms with Crippen molar-refractivity contribution < 1.29 is 22.5 Å². The third kappa shape index (κ3) is 3.76. The van der Waals surface area contributed by atoms with E-state index in [1.165, 1.54) is 30.3 Å². The minimum Gasteiger partial charge on any atom is -0.505 e. The predicted molar refractivity (Wildman–Crippen MR) is 86.7 cm³/mol. The van der Waals surface area contributed by atoms with Crippen molar-refractivity contribution in [3.8, 4) is 5.75 Å². The number of aromatic hydroxyl groups is 1. The number of rotatable bonds is 4. The average Bonchev–Trinajstić information content (AvgIpc) is 2.52. The monoisotopic (exact) mass is 375 g/mol. The molecule has 9 heteroatoms. The van der Waals surface area contributed by atoms with Gasteiger partial charge in [0.05, 0.1) is 22.8 Å². The molecule has 0 saturated heterocycles. The molecule has 2 aromatic rings. The van der Waals surface area contributed by atoms with Gasteiger partial charge in [0, 0.05) is 5.56 Å². The van der Waals surface area contributed by atoms with Crippen LogP contribution >= 0.6 is 23.2 Å². The van der Waals surface area contributed by atoms with Gasteiger partial charge in [-0.15, -0.1) is 0 Å². The van der Waals surface area contributed by atoms with Gasteiger partial charge in [-0.25, -0.2) is 0 Å². The maximum atomic E-state index is 12.3. The molecule has 1 amide bonds. The molecule has 0 aliphatic carbocycles. The Morgan fingerprint density at radius 2 is 1.74 bits per heavy atom. The van der Waals surface area contributed by atoms with Crippen LogP contribution in [0.1, 0.15) is 10.4 Å². The van der Waals surface area contributed by atoms with Crippen LogP contribution in [0.3, 0.4) is 0 Å². The van der Waals surface area contributed by atoms with Crippen molar-refractivity contribution in [2.75, 3.05) is 12.4 Å². The molecule has 0 spiro atoms. The van der Waals surface area contributed by atoms with Crippen LogP contribution in [0.15, 0.2) is 41.3 Å². The lowest BCUT2D eigenvalue weighted by Gasteiger charge is -2.11. The van der Waals surface area contributed by atoms with E-state index < -0.39 is 16.0 Å². The van der Waals surface area contributed by atoms with Gasteiger partial charge in [-0.1, -0.05) is 35.3 Å². The number of anilines is 1. The normalized spacial score (nSPS) is 11.3. The molecule has 122 valence electrons. The number of carbonyl (C=O) groups is 1. The highest BCUT2D eigenvalue weighted by Crippen LogP contribution is 2.33.